The van der Waals surface area contributed by atoms with Crippen molar-refractivity contribution in [2.24, 2.45) is 5.92 Å². The number of hydrogen-bond donors (Lipinski definition) is 1. The van der Waals surface area contributed by atoms with Crippen LogP contribution in [-0.2, 0) is 0 Å². The molecule has 4 heteroatoms. The number of anilines is 1. The number of rotatable bonds is 4. The first-order chi connectivity index (χ1) is 8.33. The fourth-order valence-electron chi connectivity index (χ4n) is 2.01. The topological polar surface area (TPSA) is 37.8 Å². The van der Waals surface area contributed by atoms with E-state index in [1.165, 1.54) is 17.8 Å². The summed E-state index contributed by atoms with van der Waals surface area (Å²) in [5.74, 6) is 0.745. The molecule has 0 aromatic carbocycles. The number of thiazole rings is 1. The van der Waals surface area contributed by atoms with Crippen LogP contribution in [0.3, 0.4) is 0 Å². The Morgan fingerprint density at radius 1 is 1.35 bits per heavy atom. The number of nitrogens with one attached hydrogen (secondary N) is 1. The van der Waals surface area contributed by atoms with Crippen molar-refractivity contribution in [3.05, 3.63) is 40.6 Å². The zero-order chi connectivity index (χ0) is 11.7. The molecule has 0 radical (unpaired) electrons. The van der Waals surface area contributed by atoms with Gasteiger partial charge in [-0.15, -0.1) is 11.3 Å². The summed E-state index contributed by atoms with van der Waals surface area (Å²) in [6, 6.07) is 4.48. The number of aromatic nitrogens is 2. The van der Waals surface area contributed by atoms with Crippen molar-refractivity contribution in [2.45, 2.75) is 25.8 Å². The van der Waals surface area contributed by atoms with E-state index < -0.39 is 0 Å². The van der Waals surface area contributed by atoms with Gasteiger partial charge in [0, 0.05) is 29.2 Å². The Balaban J connectivity index is 1.81. The van der Waals surface area contributed by atoms with Crippen LogP contribution in [-0.4, -0.2) is 9.97 Å². The van der Waals surface area contributed by atoms with Crippen LogP contribution in [0, 0.1) is 12.8 Å². The van der Waals surface area contributed by atoms with Gasteiger partial charge < -0.3 is 5.32 Å². The third kappa shape index (κ3) is 2.47. The van der Waals surface area contributed by atoms with E-state index in [1.54, 1.807) is 11.3 Å². The first-order valence-electron chi connectivity index (χ1n) is 5.91. The van der Waals surface area contributed by atoms with Crippen LogP contribution in [0.25, 0.3) is 0 Å². The molecule has 2 heterocycles. The SMILES string of the molecule is Cc1cc(NC(c2nccs2)C2CC2)ccn1. The third-order valence-electron chi connectivity index (χ3n) is 3.03. The quantitative estimate of drug-likeness (QED) is 0.897. The minimum Gasteiger partial charge on any atom is -0.375 e. The summed E-state index contributed by atoms with van der Waals surface area (Å²) in [5.41, 5.74) is 2.19. The second-order valence-electron chi connectivity index (χ2n) is 4.52. The molecule has 0 saturated heterocycles. The van der Waals surface area contributed by atoms with Gasteiger partial charge in [0.2, 0.25) is 0 Å². The predicted molar refractivity (Wildman–Crippen MR) is 70.2 cm³/mol. The van der Waals surface area contributed by atoms with Crippen LogP contribution >= 0.6 is 11.3 Å². The minimum atomic E-state index is 0.372. The van der Waals surface area contributed by atoms with Crippen molar-refractivity contribution in [2.75, 3.05) is 5.32 Å². The normalized spacial score (nSPS) is 16.8. The molecule has 1 atom stereocenters. The maximum atomic E-state index is 4.44. The van der Waals surface area contributed by atoms with Crippen LogP contribution in [0.5, 0.6) is 0 Å². The van der Waals surface area contributed by atoms with E-state index in [1.807, 2.05) is 30.8 Å². The first-order valence-corrected chi connectivity index (χ1v) is 6.79. The molecule has 3 nitrogen and oxygen atoms in total. The average molecular weight is 245 g/mol. The molecule has 1 fully saturated rings. The van der Waals surface area contributed by atoms with Crippen LogP contribution in [0.4, 0.5) is 5.69 Å². The smallest absolute Gasteiger partial charge is 0.115 e. The van der Waals surface area contributed by atoms with Gasteiger partial charge in [-0.2, -0.15) is 0 Å². The number of hydrogen-bond acceptors (Lipinski definition) is 4. The largest absolute Gasteiger partial charge is 0.375 e. The highest BCUT2D eigenvalue weighted by atomic mass is 32.1. The molecule has 88 valence electrons. The Hall–Kier alpha value is -1.42. The molecule has 17 heavy (non-hydrogen) atoms. The number of nitrogens with zero attached hydrogens (tertiary/aromatic N) is 2. The molecule has 2 aromatic heterocycles. The molecule has 2 aromatic rings. The molecule has 0 aliphatic heterocycles. The maximum Gasteiger partial charge on any atom is 0.115 e. The van der Waals surface area contributed by atoms with Gasteiger partial charge in [-0.3, -0.25) is 4.98 Å². The fraction of sp³-hybridized carbons (Fsp3) is 0.385. The van der Waals surface area contributed by atoms with E-state index in [-0.39, 0.29) is 0 Å². The van der Waals surface area contributed by atoms with E-state index in [0.717, 1.165) is 17.3 Å². The summed E-state index contributed by atoms with van der Waals surface area (Å²) in [4.78, 5) is 8.65. The van der Waals surface area contributed by atoms with Gasteiger partial charge in [0.25, 0.3) is 0 Å². The minimum absolute atomic E-state index is 0.372. The zero-order valence-electron chi connectivity index (χ0n) is 9.76. The van der Waals surface area contributed by atoms with Crippen molar-refractivity contribution in [1.82, 2.24) is 9.97 Å². The number of aryl methyl sites for hydroxylation is 1. The molecule has 3 rings (SSSR count). The predicted octanol–water partition coefficient (Wildman–Crippen LogP) is 3.41. The molecule has 0 spiro atoms. The van der Waals surface area contributed by atoms with Crippen molar-refractivity contribution < 1.29 is 0 Å². The molecule has 1 aliphatic carbocycles. The second kappa shape index (κ2) is 4.45. The molecule has 1 aliphatic rings. The van der Waals surface area contributed by atoms with Gasteiger partial charge in [0.15, 0.2) is 0 Å². The lowest BCUT2D eigenvalue weighted by Gasteiger charge is -2.17. The van der Waals surface area contributed by atoms with Crippen molar-refractivity contribution in [3.63, 3.8) is 0 Å². The summed E-state index contributed by atoms with van der Waals surface area (Å²) < 4.78 is 0. The molecule has 0 amide bonds. The number of pyridine rings is 1. The lowest BCUT2D eigenvalue weighted by atomic mass is 10.2. The summed E-state index contributed by atoms with van der Waals surface area (Å²) >= 11 is 1.73. The Morgan fingerprint density at radius 2 is 2.24 bits per heavy atom. The summed E-state index contributed by atoms with van der Waals surface area (Å²) in [5, 5.41) is 6.83. The van der Waals surface area contributed by atoms with Crippen molar-refractivity contribution in [1.29, 1.82) is 0 Å². The van der Waals surface area contributed by atoms with E-state index >= 15 is 0 Å². The maximum absolute atomic E-state index is 4.44. The third-order valence-corrected chi connectivity index (χ3v) is 3.89. The van der Waals surface area contributed by atoms with Gasteiger partial charge in [0.05, 0.1) is 6.04 Å². The van der Waals surface area contributed by atoms with E-state index in [9.17, 15) is 0 Å². The average Bonchev–Trinajstić information content (AvgIpc) is 3.01. The van der Waals surface area contributed by atoms with Crippen LogP contribution in [0.1, 0.15) is 29.6 Å². The first kappa shape index (κ1) is 10.7. The van der Waals surface area contributed by atoms with Gasteiger partial charge in [-0.1, -0.05) is 0 Å². The summed E-state index contributed by atoms with van der Waals surface area (Å²) in [6.07, 6.45) is 6.35. The second-order valence-corrected chi connectivity index (χ2v) is 5.44. The van der Waals surface area contributed by atoms with Crippen molar-refractivity contribution >= 4 is 17.0 Å². The Kier molecular flexibility index (Phi) is 2.81. The van der Waals surface area contributed by atoms with Crippen LogP contribution < -0.4 is 5.32 Å². The van der Waals surface area contributed by atoms with E-state index in [2.05, 4.69) is 21.4 Å². The summed E-state index contributed by atoms with van der Waals surface area (Å²) in [6.45, 7) is 2.01. The van der Waals surface area contributed by atoms with Gasteiger partial charge in [-0.05, 0) is 37.8 Å². The molecular weight excluding hydrogens is 230 g/mol. The van der Waals surface area contributed by atoms with Gasteiger partial charge in [0.1, 0.15) is 5.01 Å². The lowest BCUT2D eigenvalue weighted by Crippen LogP contribution is -2.12. The fourth-order valence-corrected chi connectivity index (χ4v) is 2.79. The molecule has 0 bridgehead atoms. The summed E-state index contributed by atoms with van der Waals surface area (Å²) in [7, 11) is 0. The Bertz CT molecular complexity index is 491. The highest BCUT2D eigenvalue weighted by Crippen LogP contribution is 2.43. The Labute approximate surface area is 105 Å². The molecule has 1 saturated carbocycles. The van der Waals surface area contributed by atoms with Crippen molar-refractivity contribution in [3.8, 4) is 0 Å². The van der Waals surface area contributed by atoms with Gasteiger partial charge >= 0.3 is 0 Å². The highest BCUT2D eigenvalue weighted by molar-refractivity contribution is 7.09. The highest BCUT2D eigenvalue weighted by Gasteiger charge is 2.33. The Morgan fingerprint density at radius 3 is 2.88 bits per heavy atom. The molecule has 1 unspecified atom stereocenters. The standard InChI is InChI=1S/C13H15N3S/c1-9-8-11(4-5-14-9)16-12(10-2-3-10)13-15-6-7-17-13/h4-8,10,12H,2-3H2,1H3,(H,14,16). The van der Waals surface area contributed by atoms with Crippen LogP contribution in [0.2, 0.25) is 0 Å². The van der Waals surface area contributed by atoms with Gasteiger partial charge in [-0.25, -0.2) is 4.98 Å². The molecular formula is C13H15N3S. The van der Waals surface area contributed by atoms with Crippen LogP contribution in [0.15, 0.2) is 29.9 Å². The molecule has 1 N–H and O–H groups in total. The lowest BCUT2D eigenvalue weighted by molar-refractivity contribution is 0.673. The monoisotopic (exact) mass is 245 g/mol. The van der Waals surface area contributed by atoms with E-state index in [0.29, 0.717) is 6.04 Å². The van der Waals surface area contributed by atoms with E-state index in [4.69, 9.17) is 0 Å². The zero-order valence-corrected chi connectivity index (χ0v) is 10.6.